The van der Waals surface area contributed by atoms with E-state index in [1.807, 2.05) is 0 Å². The van der Waals surface area contributed by atoms with Crippen molar-refractivity contribution in [2.75, 3.05) is 0 Å². The number of carboxylic acid groups (broad SMARTS) is 1. The van der Waals surface area contributed by atoms with E-state index in [0.29, 0.717) is 6.42 Å². The van der Waals surface area contributed by atoms with Gasteiger partial charge in [0.2, 0.25) is 0 Å². The molecule has 2 nitrogen and oxygen atoms in total. The van der Waals surface area contributed by atoms with Crippen LogP contribution in [0.3, 0.4) is 0 Å². The molecule has 0 unspecified atom stereocenters. The third-order valence-electron chi connectivity index (χ3n) is 1.99. The first-order valence-corrected chi connectivity index (χ1v) is 5.70. The van der Waals surface area contributed by atoms with Crippen molar-refractivity contribution in [3.05, 3.63) is 6.92 Å². The molecule has 0 amide bonds. The summed E-state index contributed by atoms with van der Waals surface area (Å²) in [7, 11) is 0. The van der Waals surface area contributed by atoms with Gasteiger partial charge in [0.15, 0.2) is 0 Å². The second-order valence-corrected chi connectivity index (χ2v) is 3.27. The Morgan fingerprint density at radius 3 is 1.80 bits per heavy atom. The van der Waals surface area contributed by atoms with Gasteiger partial charge in [0.25, 0.3) is 0 Å². The molecule has 0 aromatic heterocycles. The third kappa shape index (κ3) is 24.9. The zero-order chi connectivity index (χ0) is 11.2. The van der Waals surface area contributed by atoms with Crippen molar-refractivity contribution >= 4 is 5.97 Å². The van der Waals surface area contributed by atoms with Gasteiger partial charge in [-0.3, -0.25) is 4.79 Å². The van der Waals surface area contributed by atoms with Crippen molar-refractivity contribution in [2.24, 2.45) is 0 Å². The summed E-state index contributed by atoms with van der Waals surface area (Å²) in [5.41, 5.74) is 0. The van der Waals surface area contributed by atoms with Gasteiger partial charge < -0.3 is 12.0 Å². The van der Waals surface area contributed by atoms with Gasteiger partial charge in [0, 0.05) is 6.42 Å². The Balaban J connectivity index is -0.000000449. The van der Waals surface area contributed by atoms with E-state index < -0.39 is 5.97 Å². The van der Waals surface area contributed by atoms with Crippen molar-refractivity contribution in [1.29, 1.82) is 0 Å². The number of rotatable bonds is 8. The van der Waals surface area contributed by atoms with Crippen LogP contribution in [0.4, 0.5) is 0 Å². The molecular weight excluding hydrogens is 183 g/mol. The van der Waals surface area contributed by atoms with Crippen LogP contribution in [0.5, 0.6) is 0 Å². The molecule has 0 bridgehead atoms. The van der Waals surface area contributed by atoms with Crippen molar-refractivity contribution in [3.8, 4) is 0 Å². The monoisotopic (exact) mass is 208 g/mol. The van der Waals surface area contributed by atoms with E-state index in [9.17, 15) is 4.79 Å². The number of carboxylic acids is 1. The molecule has 0 aliphatic heterocycles. The number of hydrogen-bond donors (Lipinski definition) is 1. The van der Waals surface area contributed by atoms with E-state index in [0.717, 1.165) is 12.8 Å². The average Bonchev–Trinajstić information content (AvgIpc) is 2.19. The van der Waals surface area contributed by atoms with E-state index in [4.69, 9.17) is 5.11 Å². The largest absolute Gasteiger partial charge is 1.00 e. The standard InChI is InChI=1S/C10H20O2.C2H5.Li/c1-2-3-4-5-6-7-8-9-10(11)12;1-2;/h2-9H2,1H3,(H,11,12);1H2,2H3;/q;-1;+1. The Morgan fingerprint density at radius 1 is 1.00 bits per heavy atom. The van der Waals surface area contributed by atoms with Gasteiger partial charge in [0.05, 0.1) is 0 Å². The molecule has 0 heterocycles. The number of unbranched alkanes of at least 4 members (excludes halogenated alkanes) is 6. The molecule has 0 rings (SSSR count). The van der Waals surface area contributed by atoms with E-state index >= 15 is 0 Å². The van der Waals surface area contributed by atoms with Gasteiger partial charge in [0.1, 0.15) is 0 Å². The number of aliphatic carboxylic acids is 1. The summed E-state index contributed by atoms with van der Waals surface area (Å²) in [4.78, 5) is 10.1. The minimum absolute atomic E-state index is 0. The topological polar surface area (TPSA) is 37.3 Å². The zero-order valence-electron chi connectivity index (χ0n) is 10.7. The maximum absolute atomic E-state index is 10.1. The normalized spacial score (nSPS) is 8.47. The summed E-state index contributed by atoms with van der Waals surface area (Å²) in [6, 6.07) is 0. The first kappa shape index (κ1) is 20.5. The van der Waals surface area contributed by atoms with Gasteiger partial charge >= 0.3 is 24.8 Å². The molecule has 0 spiro atoms. The van der Waals surface area contributed by atoms with Gasteiger partial charge in [-0.2, -0.15) is 6.92 Å². The maximum Gasteiger partial charge on any atom is 1.00 e. The van der Waals surface area contributed by atoms with E-state index in [2.05, 4.69) is 13.8 Å². The molecule has 0 saturated heterocycles. The predicted octanol–water partition coefficient (Wildman–Crippen LogP) is 1.06. The SMILES string of the molecule is CCCCCCCCCC(=O)O.[CH2-]C.[Li+]. The fourth-order valence-electron chi connectivity index (χ4n) is 1.23. The van der Waals surface area contributed by atoms with Crippen LogP contribution in [0.2, 0.25) is 0 Å². The van der Waals surface area contributed by atoms with E-state index in [1.54, 1.807) is 6.92 Å². The summed E-state index contributed by atoms with van der Waals surface area (Å²) in [5.74, 6) is -0.663. The van der Waals surface area contributed by atoms with Crippen LogP contribution in [0.1, 0.15) is 65.2 Å². The van der Waals surface area contributed by atoms with Crippen LogP contribution in [0, 0.1) is 6.92 Å². The molecule has 0 aliphatic rings. The van der Waals surface area contributed by atoms with E-state index in [-0.39, 0.29) is 18.9 Å². The number of carbonyl (C=O) groups is 1. The fraction of sp³-hybridized carbons (Fsp3) is 0.833. The Kier molecular flexibility index (Phi) is 26.8. The van der Waals surface area contributed by atoms with Crippen LogP contribution in [-0.4, -0.2) is 11.1 Å². The summed E-state index contributed by atoms with van der Waals surface area (Å²) < 4.78 is 0. The quantitative estimate of drug-likeness (QED) is 0.368. The molecule has 0 aliphatic carbocycles. The molecule has 0 saturated carbocycles. The first-order valence-electron chi connectivity index (χ1n) is 5.70. The molecule has 0 radical (unpaired) electrons. The van der Waals surface area contributed by atoms with Crippen LogP contribution in [0.25, 0.3) is 0 Å². The summed E-state index contributed by atoms with van der Waals surface area (Å²) in [5, 5.41) is 8.35. The Hall–Kier alpha value is 0.0674. The van der Waals surface area contributed by atoms with Crippen molar-refractivity contribution < 1.29 is 28.8 Å². The molecule has 0 aromatic carbocycles. The van der Waals surface area contributed by atoms with Crippen LogP contribution < -0.4 is 18.9 Å². The van der Waals surface area contributed by atoms with Crippen LogP contribution in [0.15, 0.2) is 0 Å². The maximum atomic E-state index is 10.1. The van der Waals surface area contributed by atoms with Crippen molar-refractivity contribution in [2.45, 2.75) is 65.2 Å². The molecule has 0 fully saturated rings. The summed E-state index contributed by atoms with van der Waals surface area (Å²) in [6.45, 7) is 7.20. The Labute approximate surface area is 107 Å². The van der Waals surface area contributed by atoms with Gasteiger partial charge in [-0.1, -0.05) is 45.4 Å². The average molecular weight is 208 g/mol. The second-order valence-electron chi connectivity index (χ2n) is 3.27. The summed E-state index contributed by atoms with van der Waals surface area (Å²) in [6.07, 6.45) is 8.64. The smallest absolute Gasteiger partial charge is 0.481 e. The minimum atomic E-state index is -0.663. The fourth-order valence-corrected chi connectivity index (χ4v) is 1.23. The zero-order valence-corrected chi connectivity index (χ0v) is 10.7. The Bertz CT molecular complexity index is 116. The van der Waals surface area contributed by atoms with Crippen molar-refractivity contribution in [3.63, 3.8) is 0 Å². The van der Waals surface area contributed by atoms with Gasteiger partial charge in [-0.25, -0.2) is 0 Å². The molecule has 0 atom stereocenters. The predicted molar refractivity (Wildman–Crippen MR) is 61.3 cm³/mol. The second kappa shape index (κ2) is 19.6. The molecule has 15 heavy (non-hydrogen) atoms. The molecular formula is C12H25LiO2. The summed E-state index contributed by atoms with van der Waals surface area (Å²) >= 11 is 0. The molecule has 86 valence electrons. The van der Waals surface area contributed by atoms with Gasteiger partial charge in [-0.15, -0.1) is 0 Å². The van der Waals surface area contributed by atoms with Crippen molar-refractivity contribution in [1.82, 2.24) is 0 Å². The minimum Gasteiger partial charge on any atom is -0.481 e. The van der Waals surface area contributed by atoms with Crippen LogP contribution in [-0.2, 0) is 4.79 Å². The molecule has 0 aromatic rings. The molecule has 3 heteroatoms. The number of hydrogen-bond acceptors (Lipinski definition) is 1. The third-order valence-corrected chi connectivity index (χ3v) is 1.99. The first-order chi connectivity index (χ1) is 6.77. The van der Waals surface area contributed by atoms with E-state index in [1.165, 1.54) is 32.1 Å². The Morgan fingerprint density at radius 2 is 1.40 bits per heavy atom. The van der Waals surface area contributed by atoms with Crippen LogP contribution >= 0.6 is 0 Å². The molecule has 1 N–H and O–H groups in total. The van der Waals surface area contributed by atoms with Gasteiger partial charge in [-0.05, 0) is 6.42 Å².